The number of rotatable bonds is 5. The van der Waals surface area contributed by atoms with E-state index in [0.717, 1.165) is 24.7 Å². The maximum atomic E-state index is 11.3. The third-order valence-corrected chi connectivity index (χ3v) is 14.4. The van der Waals surface area contributed by atoms with Crippen LogP contribution in [0.1, 0.15) is 95.8 Å². The van der Waals surface area contributed by atoms with Crippen molar-refractivity contribution >= 4 is 14.6 Å². The van der Waals surface area contributed by atoms with Gasteiger partial charge in [-0.2, -0.15) is 0 Å². The van der Waals surface area contributed by atoms with Gasteiger partial charge in [0, 0.05) is 6.42 Å². The first kappa shape index (κ1) is 23.1. The van der Waals surface area contributed by atoms with Crippen LogP contribution >= 0.6 is 0 Å². The molecule has 0 aromatic heterocycles. The first-order chi connectivity index (χ1) is 14.5. The van der Waals surface area contributed by atoms with Gasteiger partial charge in [-0.3, -0.25) is 0 Å². The number of aryl methyl sites for hydroxylation is 2. The summed E-state index contributed by atoms with van der Waals surface area (Å²) in [7, 11) is -1.84. The fourth-order valence-corrected chi connectivity index (χ4v) is 8.10. The highest BCUT2D eigenvalue weighted by molar-refractivity contribution is 6.74. The predicted octanol–water partition coefficient (Wildman–Crippen LogP) is 7.69. The van der Waals surface area contributed by atoms with E-state index in [2.05, 4.69) is 59.8 Å². The lowest BCUT2D eigenvalue weighted by Gasteiger charge is -2.51. The second-order valence-corrected chi connectivity index (χ2v) is 17.2. The van der Waals surface area contributed by atoms with E-state index in [-0.39, 0.29) is 5.04 Å². The minimum Gasteiger partial charge on any atom is -0.543 e. The smallest absolute Gasteiger partial charge is 0.250 e. The van der Waals surface area contributed by atoms with E-state index in [0.29, 0.717) is 17.3 Å². The van der Waals surface area contributed by atoms with Crippen LogP contribution in [0.4, 0.5) is 0 Å². The van der Waals surface area contributed by atoms with Crippen molar-refractivity contribution in [1.29, 1.82) is 0 Å². The van der Waals surface area contributed by atoms with Crippen molar-refractivity contribution in [1.82, 2.24) is 0 Å². The molecule has 2 saturated carbocycles. The minimum absolute atomic E-state index is 0.216. The number of hydrogen-bond donors (Lipinski definition) is 0. The Morgan fingerprint density at radius 1 is 1.16 bits per heavy atom. The van der Waals surface area contributed by atoms with Gasteiger partial charge >= 0.3 is 0 Å². The van der Waals surface area contributed by atoms with E-state index in [9.17, 15) is 4.79 Å². The van der Waals surface area contributed by atoms with Crippen molar-refractivity contribution in [3.8, 4) is 5.75 Å². The molecule has 172 valence electrons. The molecule has 0 bridgehead atoms. The van der Waals surface area contributed by atoms with Crippen LogP contribution in [0.25, 0.3) is 0 Å². The van der Waals surface area contributed by atoms with Crippen LogP contribution < -0.4 is 4.43 Å². The summed E-state index contributed by atoms with van der Waals surface area (Å²) in [6, 6.07) is 4.97. The normalized spacial score (nSPS) is 32.7. The van der Waals surface area contributed by atoms with Gasteiger partial charge in [0.25, 0.3) is 0 Å². The fraction of sp³-hybridized carbons (Fsp3) is 0.750. The molecular weight excluding hydrogens is 396 g/mol. The summed E-state index contributed by atoms with van der Waals surface area (Å²) < 4.78 is 6.82. The quantitative estimate of drug-likeness (QED) is 0.346. The van der Waals surface area contributed by atoms with Crippen molar-refractivity contribution in [2.24, 2.45) is 23.2 Å². The average Bonchev–Trinajstić information content (AvgIpc) is 3.03. The summed E-state index contributed by atoms with van der Waals surface area (Å²) in [6.07, 6.45) is 10.7. The van der Waals surface area contributed by atoms with Crippen LogP contribution in [0.15, 0.2) is 12.1 Å². The molecule has 5 atom stereocenters. The fourth-order valence-electron chi connectivity index (χ4n) is 7.06. The topological polar surface area (TPSA) is 26.3 Å². The Labute approximate surface area is 191 Å². The molecule has 1 aromatic carbocycles. The molecule has 0 unspecified atom stereocenters. The first-order valence-corrected chi connectivity index (χ1v) is 15.7. The lowest BCUT2D eigenvalue weighted by atomic mass is 9.54. The molecule has 0 aliphatic heterocycles. The molecule has 0 radical (unpaired) electrons. The van der Waals surface area contributed by atoms with Crippen molar-refractivity contribution in [2.45, 2.75) is 110 Å². The summed E-state index contributed by atoms with van der Waals surface area (Å²) in [5.41, 5.74) is 4.98. The molecule has 0 N–H and O–H groups in total. The van der Waals surface area contributed by atoms with Crippen LogP contribution in [0, 0.1) is 23.2 Å². The first-order valence-electron chi connectivity index (χ1n) is 12.8. The third-order valence-electron chi connectivity index (χ3n) is 10.0. The SMILES string of the molecule is CCc1cc2c(cc1O[Si](C)(C)C(C)(C)C)CC[C@@H]1[C@@H]2CC[C@]2(C)[C@@H](CC=O)CC[C@@H]12. The standard InChI is InChI=1S/C28H44O2Si/c1-8-19-17-24-20(18-26(19)30-31(6,7)27(2,3)4)9-11-23-22(24)13-15-28(5)21(14-16-29)10-12-25(23)28/h16-18,21-23,25H,8-15H2,1-7H3/t21-,22+,23-,25+,28-/m1/s1. The summed E-state index contributed by atoms with van der Waals surface area (Å²) >= 11 is 0. The molecule has 3 aliphatic carbocycles. The number of benzene rings is 1. The Kier molecular flexibility index (Phi) is 5.99. The average molecular weight is 441 g/mol. The Morgan fingerprint density at radius 2 is 1.90 bits per heavy atom. The second-order valence-electron chi connectivity index (χ2n) is 12.5. The molecule has 2 nitrogen and oxygen atoms in total. The molecule has 3 aliphatic rings. The van der Waals surface area contributed by atoms with Crippen molar-refractivity contribution in [3.05, 3.63) is 28.8 Å². The van der Waals surface area contributed by atoms with Crippen LogP contribution in [0.5, 0.6) is 5.75 Å². The maximum absolute atomic E-state index is 11.3. The van der Waals surface area contributed by atoms with Crippen LogP contribution in [0.2, 0.25) is 18.1 Å². The molecule has 31 heavy (non-hydrogen) atoms. The van der Waals surface area contributed by atoms with Gasteiger partial charge in [0.05, 0.1) is 0 Å². The largest absolute Gasteiger partial charge is 0.543 e. The van der Waals surface area contributed by atoms with Crippen LogP contribution in [-0.4, -0.2) is 14.6 Å². The summed E-state index contributed by atoms with van der Waals surface area (Å²) in [5, 5.41) is 0.216. The molecule has 4 rings (SSSR count). The number of aldehydes is 1. The Balaban J connectivity index is 1.64. The third kappa shape index (κ3) is 3.83. The van der Waals surface area contributed by atoms with Gasteiger partial charge in [0.2, 0.25) is 8.32 Å². The lowest BCUT2D eigenvalue weighted by Crippen LogP contribution is -2.44. The number of hydrogen-bond acceptors (Lipinski definition) is 2. The van der Waals surface area contributed by atoms with Gasteiger partial charge in [0.15, 0.2) is 0 Å². The molecular formula is C28H44O2Si. The molecule has 2 fully saturated rings. The van der Waals surface area contributed by atoms with Gasteiger partial charge < -0.3 is 9.22 Å². The van der Waals surface area contributed by atoms with E-state index in [1.807, 2.05) is 0 Å². The van der Waals surface area contributed by atoms with E-state index in [1.165, 1.54) is 56.1 Å². The predicted molar refractivity (Wildman–Crippen MR) is 132 cm³/mol. The van der Waals surface area contributed by atoms with Gasteiger partial charge in [-0.05, 0) is 115 Å². The van der Waals surface area contributed by atoms with Crippen LogP contribution in [0.3, 0.4) is 0 Å². The van der Waals surface area contributed by atoms with Gasteiger partial charge in [-0.1, -0.05) is 40.7 Å². The van der Waals surface area contributed by atoms with Gasteiger partial charge in [-0.25, -0.2) is 0 Å². The molecule has 1 aromatic rings. The maximum Gasteiger partial charge on any atom is 0.250 e. The molecule has 0 amide bonds. The summed E-state index contributed by atoms with van der Waals surface area (Å²) in [6.45, 7) is 16.5. The van der Waals surface area contributed by atoms with Gasteiger partial charge in [-0.15, -0.1) is 0 Å². The molecule has 0 saturated heterocycles. The number of fused-ring (bicyclic) bond motifs is 5. The highest BCUT2D eigenvalue weighted by atomic mass is 28.4. The summed E-state index contributed by atoms with van der Waals surface area (Å²) in [5.74, 6) is 4.10. The second kappa shape index (κ2) is 8.04. The highest BCUT2D eigenvalue weighted by Crippen LogP contribution is 2.63. The molecule has 0 spiro atoms. The van der Waals surface area contributed by atoms with E-state index < -0.39 is 8.32 Å². The van der Waals surface area contributed by atoms with Crippen molar-refractivity contribution in [3.63, 3.8) is 0 Å². The van der Waals surface area contributed by atoms with E-state index in [4.69, 9.17) is 4.43 Å². The number of carbonyl (C=O) groups excluding carboxylic acids is 1. The highest BCUT2D eigenvalue weighted by Gasteiger charge is 2.54. The van der Waals surface area contributed by atoms with E-state index in [1.54, 1.807) is 11.1 Å². The zero-order chi connectivity index (χ0) is 22.6. The molecule has 0 heterocycles. The Bertz CT molecular complexity index is 836. The van der Waals surface area contributed by atoms with Crippen molar-refractivity contribution in [2.75, 3.05) is 0 Å². The molecule has 3 heteroatoms. The van der Waals surface area contributed by atoms with Crippen LogP contribution in [-0.2, 0) is 17.6 Å². The lowest BCUT2D eigenvalue weighted by molar-refractivity contribution is -0.109. The Hall–Kier alpha value is -1.09. The van der Waals surface area contributed by atoms with E-state index >= 15 is 0 Å². The zero-order valence-corrected chi connectivity index (χ0v) is 22.0. The zero-order valence-electron chi connectivity index (χ0n) is 21.0. The Morgan fingerprint density at radius 3 is 2.55 bits per heavy atom. The monoisotopic (exact) mass is 440 g/mol. The number of carbonyl (C=O) groups is 1. The minimum atomic E-state index is -1.84. The van der Waals surface area contributed by atoms with Gasteiger partial charge in [0.1, 0.15) is 12.0 Å². The van der Waals surface area contributed by atoms with Crippen molar-refractivity contribution < 1.29 is 9.22 Å². The summed E-state index contributed by atoms with van der Waals surface area (Å²) in [4.78, 5) is 11.3.